The minimum atomic E-state index is -0.348. The van der Waals surface area contributed by atoms with Crippen LogP contribution in [0.3, 0.4) is 0 Å². The molecule has 4 nitrogen and oxygen atoms in total. The first-order valence-electron chi connectivity index (χ1n) is 21.8. The fourth-order valence-electron chi connectivity index (χ4n) is 11.2. The van der Waals surface area contributed by atoms with E-state index < -0.39 is 0 Å². The van der Waals surface area contributed by atoms with Crippen molar-refractivity contribution in [2.45, 2.75) is 19.3 Å². The van der Waals surface area contributed by atoms with E-state index in [2.05, 4.69) is 217 Å². The SMILES string of the molecule is CC1(C)c2ccccc2-c2nc(-n3c4ccc5c6ccccc6c6ccccc6c5c4c4ccc5ccccc5c43)c(-c3ccc4c5ccccc5n(-c5ccccc5)c4c3)nc21. The summed E-state index contributed by atoms with van der Waals surface area (Å²) in [6.45, 7) is 4.59. The Morgan fingerprint density at radius 1 is 0.397 bits per heavy atom. The Morgan fingerprint density at radius 2 is 1.00 bits per heavy atom. The average Bonchev–Trinajstić information content (AvgIpc) is 3.94. The fourth-order valence-corrected chi connectivity index (χ4v) is 11.2. The number of rotatable bonds is 3. The topological polar surface area (TPSA) is 35.6 Å². The molecule has 0 N–H and O–H groups in total. The highest BCUT2D eigenvalue weighted by Crippen LogP contribution is 2.50. The first-order valence-corrected chi connectivity index (χ1v) is 21.8. The highest BCUT2D eigenvalue weighted by atomic mass is 15.1. The van der Waals surface area contributed by atoms with Crippen molar-refractivity contribution in [3.8, 4) is 34.0 Å². The Balaban J connectivity index is 1.18. The lowest BCUT2D eigenvalue weighted by Gasteiger charge is -2.22. The van der Waals surface area contributed by atoms with Gasteiger partial charge < -0.3 is 4.57 Å². The molecule has 0 spiro atoms. The van der Waals surface area contributed by atoms with E-state index in [0.717, 1.165) is 56.3 Å². The number of aromatic nitrogens is 4. The van der Waals surface area contributed by atoms with Gasteiger partial charge in [-0.15, -0.1) is 0 Å². The molecule has 0 amide bonds. The molecule has 0 fully saturated rings. The van der Waals surface area contributed by atoms with E-state index in [1.165, 1.54) is 75.7 Å². The molecule has 3 aromatic heterocycles. The summed E-state index contributed by atoms with van der Waals surface area (Å²) in [6, 6.07) is 70.9. The molecule has 63 heavy (non-hydrogen) atoms. The first-order chi connectivity index (χ1) is 31.0. The maximum Gasteiger partial charge on any atom is 0.165 e. The van der Waals surface area contributed by atoms with Crippen LogP contribution in [0.4, 0.5) is 0 Å². The van der Waals surface area contributed by atoms with E-state index in [9.17, 15) is 0 Å². The molecule has 0 saturated heterocycles. The number of hydrogen-bond donors (Lipinski definition) is 0. The maximum absolute atomic E-state index is 5.91. The Kier molecular flexibility index (Phi) is 6.87. The van der Waals surface area contributed by atoms with Crippen molar-refractivity contribution in [2.75, 3.05) is 0 Å². The summed E-state index contributed by atoms with van der Waals surface area (Å²) in [5.74, 6) is 0.823. The van der Waals surface area contributed by atoms with Crippen molar-refractivity contribution in [1.29, 1.82) is 0 Å². The maximum atomic E-state index is 5.91. The lowest BCUT2D eigenvalue weighted by atomic mass is 9.85. The third-order valence-corrected chi connectivity index (χ3v) is 14.0. The van der Waals surface area contributed by atoms with E-state index in [1.807, 2.05) is 0 Å². The van der Waals surface area contributed by atoms with Crippen molar-refractivity contribution in [2.24, 2.45) is 0 Å². The van der Waals surface area contributed by atoms with Crippen LogP contribution in [0.25, 0.3) is 121 Å². The van der Waals surface area contributed by atoms with E-state index in [1.54, 1.807) is 0 Å². The van der Waals surface area contributed by atoms with Crippen LogP contribution >= 0.6 is 0 Å². The highest BCUT2D eigenvalue weighted by Gasteiger charge is 2.39. The minimum absolute atomic E-state index is 0.348. The monoisotopic (exact) mass is 802 g/mol. The third-order valence-electron chi connectivity index (χ3n) is 14.0. The van der Waals surface area contributed by atoms with Crippen LogP contribution in [0, 0.1) is 0 Å². The van der Waals surface area contributed by atoms with Crippen molar-refractivity contribution in [1.82, 2.24) is 19.1 Å². The fraction of sp³-hybridized carbons (Fsp3) is 0.0508. The Morgan fingerprint density at radius 3 is 1.81 bits per heavy atom. The molecule has 0 aliphatic heterocycles. The van der Waals surface area contributed by atoms with Gasteiger partial charge in [-0.2, -0.15) is 0 Å². The summed E-state index contributed by atoms with van der Waals surface area (Å²) in [4.78, 5) is 11.8. The largest absolute Gasteiger partial charge is 0.309 e. The number of nitrogens with zero attached hydrogens (tertiary/aromatic N) is 4. The van der Waals surface area contributed by atoms with Crippen LogP contribution in [0.2, 0.25) is 0 Å². The predicted molar refractivity (Wildman–Crippen MR) is 264 cm³/mol. The highest BCUT2D eigenvalue weighted by molar-refractivity contribution is 6.36. The smallest absolute Gasteiger partial charge is 0.165 e. The van der Waals surface area contributed by atoms with E-state index in [-0.39, 0.29) is 5.41 Å². The zero-order chi connectivity index (χ0) is 41.6. The normalized spacial score (nSPS) is 13.4. The van der Waals surface area contributed by atoms with Gasteiger partial charge in [-0.05, 0) is 68.2 Å². The van der Waals surface area contributed by atoms with Gasteiger partial charge in [0.05, 0.1) is 33.5 Å². The van der Waals surface area contributed by atoms with Crippen molar-refractivity contribution < 1.29 is 0 Å². The summed E-state index contributed by atoms with van der Waals surface area (Å²) in [6.07, 6.45) is 0. The summed E-state index contributed by atoms with van der Waals surface area (Å²) >= 11 is 0. The zero-order valence-electron chi connectivity index (χ0n) is 34.8. The van der Waals surface area contributed by atoms with Gasteiger partial charge in [0.25, 0.3) is 0 Å². The molecule has 13 aromatic rings. The van der Waals surface area contributed by atoms with E-state index in [0.29, 0.717) is 0 Å². The predicted octanol–water partition coefficient (Wildman–Crippen LogP) is 15.3. The van der Waals surface area contributed by atoms with Gasteiger partial charge in [-0.25, -0.2) is 9.97 Å². The Labute approximate surface area is 362 Å². The van der Waals surface area contributed by atoms with Crippen LogP contribution in [0.15, 0.2) is 194 Å². The summed E-state index contributed by atoms with van der Waals surface area (Å²) < 4.78 is 4.84. The number of hydrogen-bond acceptors (Lipinski definition) is 2. The second-order valence-corrected chi connectivity index (χ2v) is 17.7. The van der Waals surface area contributed by atoms with Gasteiger partial charge >= 0.3 is 0 Å². The van der Waals surface area contributed by atoms with E-state index in [4.69, 9.17) is 9.97 Å². The molecule has 4 heteroatoms. The summed E-state index contributed by atoms with van der Waals surface area (Å²) in [5, 5.41) is 14.8. The molecule has 1 aliphatic carbocycles. The standard InChI is InChI=1S/C59H38N4/c1-59(2)48-26-14-12-25-46(48)55-57(59)60-54(36-29-30-43-42-23-13-15-27-49(42)62(51(43)34-36)37-17-4-3-5-18-37)58(61-55)63-50-33-32-45-41-22-9-8-20-39(41)40-21-10-11-24-44(40)52(45)53(50)47-31-28-35-16-6-7-19-38(35)56(47)63/h3-34H,1-2H3. The number of para-hydroxylation sites is 2. The van der Waals surface area contributed by atoms with Crippen LogP contribution in [-0.4, -0.2) is 19.1 Å². The second kappa shape index (κ2) is 12.5. The Bertz CT molecular complexity index is 4080. The summed E-state index contributed by atoms with van der Waals surface area (Å²) in [7, 11) is 0. The minimum Gasteiger partial charge on any atom is -0.309 e. The number of fused-ring (bicyclic) bond motifs is 18. The van der Waals surface area contributed by atoms with Gasteiger partial charge in [-0.1, -0.05) is 178 Å². The summed E-state index contributed by atoms with van der Waals surface area (Å²) in [5.41, 5.74) is 11.5. The molecular weight excluding hydrogens is 765 g/mol. The molecule has 0 unspecified atom stereocenters. The lowest BCUT2D eigenvalue weighted by Crippen LogP contribution is -2.18. The van der Waals surface area contributed by atoms with Crippen molar-refractivity contribution >= 4 is 86.7 Å². The quantitative estimate of drug-likeness (QED) is 0.167. The van der Waals surface area contributed by atoms with Crippen LogP contribution < -0.4 is 0 Å². The molecule has 14 rings (SSSR count). The second-order valence-electron chi connectivity index (χ2n) is 17.7. The van der Waals surface area contributed by atoms with Gasteiger partial charge in [0, 0.05) is 54.5 Å². The van der Waals surface area contributed by atoms with Crippen LogP contribution in [0.5, 0.6) is 0 Å². The van der Waals surface area contributed by atoms with Crippen LogP contribution in [0.1, 0.15) is 25.1 Å². The van der Waals surface area contributed by atoms with Crippen molar-refractivity contribution in [3.63, 3.8) is 0 Å². The average molecular weight is 803 g/mol. The molecule has 1 aliphatic rings. The van der Waals surface area contributed by atoms with Gasteiger partial charge in [0.15, 0.2) is 5.82 Å². The molecule has 0 radical (unpaired) electrons. The molecule has 0 saturated carbocycles. The molecule has 0 bridgehead atoms. The third kappa shape index (κ3) is 4.59. The zero-order valence-corrected chi connectivity index (χ0v) is 34.8. The molecular formula is C59H38N4. The first kappa shape index (κ1) is 34.6. The molecule has 294 valence electrons. The van der Waals surface area contributed by atoms with Gasteiger partial charge in [-0.3, -0.25) is 4.57 Å². The van der Waals surface area contributed by atoms with E-state index >= 15 is 0 Å². The molecule has 10 aromatic carbocycles. The molecule has 0 atom stereocenters. The molecule has 3 heterocycles. The Hall–Kier alpha value is -8.08. The lowest BCUT2D eigenvalue weighted by molar-refractivity contribution is 0.635. The van der Waals surface area contributed by atoms with Gasteiger partial charge in [0.1, 0.15) is 5.69 Å². The van der Waals surface area contributed by atoms with Crippen molar-refractivity contribution in [3.05, 3.63) is 205 Å². The van der Waals surface area contributed by atoms with Crippen LogP contribution in [-0.2, 0) is 5.41 Å². The van der Waals surface area contributed by atoms with Gasteiger partial charge in [0.2, 0.25) is 0 Å². The number of benzene rings is 10.